The van der Waals surface area contributed by atoms with Crippen molar-refractivity contribution < 1.29 is 38.5 Å². The molecule has 43 heavy (non-hydrogen) atoms. The van der Waals surface area contributed by atoms with Gasteiger partial charge in [-0.25, -0.2) is 0 Å². The van der Waals surface area contributed by atoms with Gasteiger partial charge < -0.3 is 19.3 Å². The molecule has 0 bridgehead atoms. The number of carboxylic acid groups (broad SMARTS) is 1. The molecule has 8 heteroatoms. The fraction of sp³-hybridized carbons (Fsp3) is 0.829. The molecule has 1 N–H and O–H groups in total. The molecule has 5 aliphatic carbocycles. The molecule has 5 aliphatic rings. The minimum atomic E-state index is -0.903. The lowest BCUT2D eigenvalue weighted by Gasteiger charge is -2.72. The number of hydrogen-bond acceptors (Lipinski definition) is 7. The molecule has 0 aromatic rings. The largest absolute Gasteiger partial charge is 0.481 e. The summed E-state index contributed by atoms with van der Waals surface area (Å²) in [6.45, 7) is 18.0. The van der Waals surface area contributed by atoms with Crippen LogP contribution < -0.4 is 0 Å². The SMILES string of the molecule is C=C(COC(C)=O)C1CC[C@]2(C(=O)O)CC[C@]3(C)C(CCC4[C@@]5(C)CC[C@H](OC(C)=O)[C@@](C)(OC(C)=O)C5CC[C@]43C)C12. The zero-order valence-corrected chi connectivity index (χ0v) is 27.3. The van der Waals surface area contributed by atoms with E-state index in [2.05, 4.69) is 27.4 Å². The van der Waals surface area contributed by atoms with Gasteiger partial charge in [-0.1, -0.05) is 27.4 Å². The lowest BCUT2D eigenvalue weighted by molar-refractivity contribution is -0.271. The first-order valence-electron chi connectivity index (χ1n) is 16.4. The molecule has 8 nitrogen and oxygen atoms in total. The Morgan fingerprint density at radius 3 is 2.07 bits per heavy atom. The molecule has 0 amide bonds. The summed E-state index contributed by atoms with van der Waals surface area (Å²) >= 11 is 0. The molecule has 5 unspecified atom stereocenters. The van der Waals surface area contributed by atoms with E-state index in [9.17, 15) is 24.3 Å². The number of hydrogen-bond donors (Lipinski definition) is 1. The molecule has 5 saturated carbocycles. The number of carboxylic acids is 1. The lowest BCUT2D eigenvalue weighted by atomic mass is 9.33. The number of ether oxygens (including phenoxy) is 3. The molecular formula is C35H52O8. The molecule has 5 rings (SSSR count). The van der Waals surface area contributed by atoms with Crippen LogP contribution in [-0.2, 0) is 33.4 Å². The van der Waals surface area contributed by atoms with Crippen LogP contribution in [0.25, 0.3) is 0 Å². The van der Waals surface area contributed by atoms with E-state index in [1.807, 2.05) is 6.92 Å². The molecular weight excluding hydrogens is 548 g/mol. The fourth-order valence-corrected chi connectivity index (χ4v) is 12.2. The third-order valence-corrected chi connectivity index (χ3v) is 14.1. The fourth-order valence-electron chi connectivity index (χ4n) is 12.2. The number of aliphatic carboxylic acids is 1. The molecule has 0 radical (unpaired) electrons. The van der Waals surface area contributed by atoms with E-state index < -0.39 is 23.1 Å². The molecule has 0 aromatic carbocycles. The highest BCUT2D eigenvalue weighted by Crippen LogP contribution is 2.77. The average molecular weight is 601 g/mol. The van der Waals surface area contributed by atoms with E-state index in [1.165, 1.54) is 20.8 Å². The average Bonchev–Trinajstić information content (AvgIpc) is 3.30. The van der Waals surface area contributed by atoms with Crippen LogP contribution >= 0.6 is 0 Å². The van der Waals surface area contributed by atoms with Gasteiger partial charge in [0.05, 0.1) is 5.41 Å². The van der Waals surface area contributed by atoms with Crippen molar-refractivity contribution in [1.82, 2.24) is 0 Å². The van der Waals surface area contributed by atoms with Crippen molar-refractivity contribution in [3.05, 3.63) is 12.2 Å². The van der Waals surface area contributed by atoms with Crippen molar-refractivity contribution in [3.63, 3.8) is 0 Å². The zero-order chi connectivity index (χ0) is 31.8. The lowest BCUT2D eigenvalue weighted by Crippen LogP contribution is -2.69. The Balaban J connectivity index is 1.51. The summed E-state index contributed by atoms with van der Waals surface area (Å²) in [5.41, 5.74) is -1.08. The molecule has 0 aromatic heterocycles. The van der Waals surface area contributed by atoms with Gasteiger partial charge >= 0.3 is 23.9 Å². The van der Waals surface area contributed by atoms with Crippen LogP contribution in [0, 0.1) is 51.2 Å². The summed E-state index contributed by atoms with van der Waals surface area (Å²) in [6, 6.07) is 0. The molecule has 0 heterocycles. The predicted molar refractivity (Wildman–Crippen MR) is 160 cm³/mol. The van der Waals surface area contributed by atoms with Crippen LogP contribution in [0.15, 0.2) is 12.2 Å². The van der Waals surface area contributed by atoms with Crippen LogP contribution in [0.5, 0.6) is 0 Å². The van der Waals surface area contributed by atoms with E-state index in [0.717, 1.165) is 50.5 Å². The molecule has 0 aliphatic heterocycles. The Morgan fingerprint density at radius 2 is 1.47 bits per heavy atom. The maximum Gasteiger partial charge on any atom is 0.309 e. The maximum atomic E-state index is 13.0. The standard InChI is InChI=1S/C35H52O8/c1-20(19-41-21(2)36)24-11-16-35(30(39)40)18-17-32(6)25(29(24)35)9-10-26-31(5)14-13-28(42-22(3)37)34(8,43-23(4)38)27(31)12-15-33(26,32)7/h24-29H,1,9-19H2,2-8H3,(H,39,40)/t24?,25?,26?,27?,28-,29?,31+,32+,33+,34-,35-/m0/s1. The Kier molecular flexibility index (Phi) is 7.90. The minimum Gasteiger partial charge on any atom is -0.481 e. The van der Waals surface area contributed by atoms with Crippen molar-refractivity contribution in [3.8, 4) is 0 Å². The number of carbonyl (C=O) groups excluding carboxylic acids is 3. The summed E-state index contributed by atoms with van der Waals surface area (Å²) in [5, 5.41) is 10.7. The van der Waals surface area contributed by atoms with Crippen LogP contribution in [0.1, 0.15) is 113 Å². The Hall–Kier alpha value is -2.38. The second-order valence-corrected chi connectivity index (χ2v) is 15.7. The third kappa shape index (κ3) is 4.58. The quantitative estimate of drug-likeness (QED) is 0.209. The number of fused-ring (bicyclic) bond motifs is 7. The molecule has 5 fully saturated rings. The molecule has 0 spiro atoms. The topological polar surface area (TPSA) is 116 Å². The maximum absolute atomic E-state index is 13.0. The van der Waals surface area contributed by atoms with Gasteiger partial charge in [0, 0.05) is 26.7 Å². The van der Waals surface area contributed by atoms with Gasteiger partial charge in [-0.05, 0) is 117 Å². The Labute approximate surface area is 256 Å². The van der Waals surface area contributed by atoms with Gasteiger partial charge in [0.2, 0.25) is 0 Å². The summed E-state index contributed by atoms with van der Waals surface area (Å²) in [4.78, 5) is 49.2. The van der Waals surface area contributed by atoms with E-state index in [-0.39, 0.29) is 64.4 Å². The number of esters is 3. The molecule has 11 atom stereocenters. The molecule has 240 valence electrons. The van der Waals surface area contributed by atoms with Crippen molar-refractivity contribution in [2.24, 2.45) is 51.2 Å². The summed E-state index contributed by atoms with van der Waals surface area (Å²) in [6.07, 6.45) is 7.70. The number of carbonyl (C=O) groups is 4. The summed E-state index contributed by atoms with van der Waals surface area (Å²) < 4.78 is 17.3. The van der Waals surface area contributed by atoms with Gasteiger partial charge in [0.1, 0.15) is 18.3 Å². The van der Waals surface area contributed by atoms with Gasteiger partial charge in [0.25, 0.3) is 0 Å². The van der Waals surface area contributed by atoms with Gasteiger partial charge in [0.15, 0.2) is 0 Å². The van der Waals surface area contributed by atoms with Gasteiger partial charge in [-0.15, -0.1) is 0 Å². The van der Waals surface area contributed by atoms with Crippen LogP contribution in [0.4, 0.5) is 0 Å². The second-order valence-electron chi connectivity index (χ2n) is 15.7. The van der Waals surface area contributed by atoms with Crippen LogP contribution in [0.2, 0.25) is 0 Å². The highest BCUT2D eigenvalue weighted by Gasteiger charge is 2.73. The summed E-state index contributed by atoms with van der Waals surface area (Å²) in [7, 11) is 0. The highest BCUT2D eigenvalue weighted by atomic mass is 16.6. The van der Waals surface area contributed by atoms with Crippen molar-refractivity contribution in [2.45, 2.75) is 124 Å². The van der Waals surface area contributed by atoms with Crippen LogP contribution in [0.3, 0.4) is 0 Å². The normalized spacial score (nSPS) is 46.7. The first kappa shape index (κ1) is 32.0. The van der Waals surface area contributed by atoms with Gasteiger partial charge in [-0.3, -0.25) is 19.2 Å². The van der Waals surface area contributed by atoms with E-state index in [0.29, 0.717) is 25.2 Å². The van der Waals surface area contributed by atoms with E-state index >= 15 is 0 Å². The first-order valence-corrected chi connectivity index (χ1v) is 16.4. The van der Waals surface area contributed by atoms with E-state index in [1.54, 1.807) is 0 Å². The zero-order valence-electron chi connectivity index (χ0n) is 27.3. The minimum absolute atomic E-state index is 0.0126. The Morgan fingerprint density at radius 1 is 0.767 bits per heavy atom. The monoisotopic (exact) mass is 600 g/mol. The smallest absolute Gasteiger partial charge is 0.309 e. The van der Waals surface area contributed by atoms with Crippen molar-refractivity contribution >= 4 is 23.9 Å². The molecule has 0 saturated heterocycles. The highest BCUT2D eigenvalue weighted by molar-refractivity contribution is 5.76. The van der Waals surface area contributed by atoms with Crippen molar-refractivity contribution in [2.75, 3.05) is 6.61 Å². The van der Waals surface area contributed by atoms with Gasteiger partial charge in [-0.2, -0.15) is 0 Å². The third-order valence-electron chi connectivity index (χ3n) is 14.1. The predicted octanol–water partition coefficient (Wildman–Crippen LogP) is 6.50. The second kappa shape index (κ2) is 10.6. The first-order chi connectivity index (χ1) is 20.0. The number of rotatable bonds is 6. The van der Waals surface area contributed by atoms with E-state index in [4.69, 9.17) is 14.2 Å². The Bertz CT molecular complexity index is 1210. The summed E-state index contributed by atoms with van der Waals surface area (Å²) in [5.74, 6) is -1.15. The van der Waals surface area contributed by atoms with Crippen molar-refractivity contribution in [1.29, 1.82) is 0 Å². The van der Waals surface area contributed by atoms with Crippen LogP contribution in [-0.4, -0.2) is 47.3 Å².